The van der Waals surface area contributed by atoms with Crippen molar-refractivity contribution in [3.63, 3.8) is 0 Å². The first kappa shape index (κ1) is 14.9. The molecule has 1 aromatic carbocycles. The van der Waals surface area contributed by atoms with Crippen molar-refractivity contribution in [3.8, 4) is 6.07 Å². The smallest absolute Gasteiger partial charge is 0.251 e. The highest BCUT2D eigenvalue weighted by Gasteiger charge is 2.28. The second-order valence-corrected chi connectivity index (χ2v) is 5.15. The third-order valence-corrected chi connectivity index (χ3v) is 3.61. The van der Waals surface area contributed by atoms with Gasteiger partial charge in [0.05, 0.1) is 18.5 Å². The van der Waals surface area contributed by atoms with E-state index in [4.69, 9.17) is 11.0 Å². The van der Waals surface area contributed by atoms with Crippen LogP contribution in [0.15, 0.2) is 24.3 Å². The van der Waals surface area contributed by atoms with Crippen molar-refractivity contribution in [2.75, 3.05) is 12.3 Å². The second kappa shape index (κ2) is 6.75. The first-order chi connectivity index (χ1) is 10.1. The maximum atomic E-state index is 11.8. The Morgan fingerprint density at radius 3 is 2.67 bits per heavy atom. The Morgan fingerprint density at radius 1 is 1.29 bits per heavy atom. The summed E-state index contributed by atoms with van der Waals surface area (Å²) in [6.07, 6.45) is 2.58. The summed E-state index contributed by atoms with van der Waals surface area (Å²) in [6, 6.07) is 8.57. The van der Waals surface area contributed by atoms with Gasteiger partial charge in [-0.05, 0) is 43.5 Å². The third kappa shape index (κ3) is 3.96. The zero-order valence-corrected chi connectivity index (χ0v) is 11.6. The van der Waals surface area contributed by atoms with E-state index in [1.54, 1.807) is 24.3 Å². The van der Waals surface area contributed by atoms with Crippen LogP contribution in [0.3, 0.4) is 0 Å². The van der Waals surface area contributed by atoms with Gasteiger partial charge in [0, 0.05) is 17.3 Å². The number of anilines is 1. The van der Waals surface area contributed by atoms with Gasteiger partial charge in [0.25, 0.3) is 5.91 Å². The lowest BCUT2D eigenvalue weighted by Gasteiger charge is -2.15. The molecule has 0 aromatic heterocycles. The molecule has 1 aliphatic rings. The number of nitrogen functional groups attached to an aromatic ring is 1. The minimum Gasteiger partial charge on any atom is -0.399 e. The molecule has 1 aromatic rings. The van der Waals surface area contributed by atoms with Crippen molar-refractivity contribution < 1.29 is 9.59 Å². The zero-order valence-electron chi connectivity index (χ0n) is 11.6. The van der Waals surface area contributed by atoms with E-state index in [2.05, 4.69) is 16.7 Å². The Morgan fingerprint density at radius 2 is 2.00 bits per heavy atom. The number of rotatable bonds is 4. The van der Waals surface area contributed by atoms with Crippen molar-refractivity contribution >= 4 is 17.5 Å². The summed E-state index contributed by atoms with van der Waals surface area (Å²) in [5.74, 6) is -0.721. The quantitative estimate of drug-likeness (QED) is 0.712. The van der Waals surface area contributed by atoms with Gasteiger partial charge in [-0.25, -0.2) is 0 Å². The van der Waals surface area contributed by atoms with Crippen LogP contribution in [0.25, 0.3) is 0 Å². The van der Waals surface area contributed by atoms with Gasteiger partial charge in [-0.3, -0.25) is 9.59 Å². The van der Waals surface area contributed by atoms with Crippen LogP contribution in [0.5, 0.6) is 0 Å². The molecule has 0 aliphatic heterocycles. The van der Waals surface area contributed by atoms with E-state index in [1.807, 2.05) is 0 Å². The average Bonchev–Trinajstić information content (AvgIpc) is 2.92. The molecule has 0 heterocycles. The molecular weight excluding hydrogens is 268 g/mol. The fourth-order valence-corrected chi connectivity index (χ4v) is 2.44. The van der Waals surface area contributed by atoms with Crippen molar-refractivity contribution in [1.82, 2.24) is 10.6 Å². The maximum Gasteiger partial charge on any atom is 0.251 e. The van der Waals surface area contributed by atoms with Crippen LogP contribution in [-0.4, -0.2) is 24.4 Å². The number of nitrogens with one attached hydrogen (secondary N) is 2. The predicted octanol–water partition coefficient (Wildman–Crippen LogP) is 0.807. The van der Waals surface area contributed by atoms with Gasteiger partial charge >= 0.3 is 0 Å². The second-order valence-electron chi connectivity index (χ2n) is 5.15. The standard InChI is InChI=1S/C15H18N4O2/c16-8-11-2-1-3-13(11)19-14(20)9-18-15(21)10-4-6-12(17)7-5-10/h4-7,11,13H,1-3,9,17H2,(H,18,21)(H,19,20). The number of nitrogens with zero attached hydrogens (tertiary/aromatic N) is 1. The Kier molecular flexibility index (Phi) is 4.77. The summed E-state index contributed by atoms with van der Waals surface area (Å²) in [6.45, 7) is -0.0993. The molecule has 6 nitrogen and oxygen atoms in total. The first-order valence-corrected chi connectivity index (χ1v) is 6.93. The van der Waals surface area contributed by atoms with Gasteiger partial charge in [0.2, 0.25) is 5.91 Å². The molecule has 2 amide bonds. The number of nitrogens with two attached hydrogens (primary N) is 1. The number of nitriles is 1. The van der Waals surface area contributed by atoms with E-state index >= 15 is 0 Å². The minimum absolute atomic E-state index is 0.0993. The summed E-state index contributed by atoms with van der Waals surface area (Å²) >= 11 is 0. The molecule has 0 radical (unpaired) electrons. The normalized spacial score (nSPS) is 20.5. The highest BCUT2D eigenvalue weighted by atomic mass is 16.2. The SMILES string of the molecule is N#CC1CCCC1NC(=O)CNC(=O)c1ccc(N)cc1. The number of hydrogen-bond acceptors (Lipinski definition) is 4. The minimum atomic E-state index is -0.326. The fourth-order valence-electron chi connectivity index (χ4n) is 2.44. The molecule has 0 spiro atoms. The largest absolute Gasteiger partial charge is 0.399 e. The maximum absolute atomic E-state index is 11.8. The van der Waals surface area contributed by atoms with Crippen LogP contribution in [0.2, 0.25) is 0 Å². The van der Waals surface area contributed by atoms with Gasteiger partial charge in [-0.2, -0.15) is 5.26 Å². The lowest BCUT2D eigenvalue weighted by atomic mass is 10.1. The fraction of sp³-hybridized carbons (Fsp3) is 0.400. The van der Waals surface area contributed by atoms with Crippen LogP contribution in [0.1, 0.15) is 29.6 Å². The van der Waals surface area contributed by atoms with Crippen LogP contribution in [0.4, 0.5) is 5.69 Å². The Bertz CT molecular complexity index is 562. The molecule has 1 fully saturated rings. The molecule has 110 valence electrons. The van der Waals surface area contributed by atoms with Crippen molar-refractivity contribution in [2.45, 2.75) is 25.3 Å². The zero-order chi connectivity index (χ0) is 15.2. The highest BCUT2D eigenvalue weighted by molar-refractivity contribution is 5.96. The summed E-state index contributed by atoms with van der Waals surface area (Å²) < 4.78 is 0. The molecule has 6 heteroatoms. The van der Waals surface area contributed by atoms with Gasteiger partial charge in [-0.1, -0.05) is 0 Å². The Hall–Kier alpha value is -2.55. The van der Waals surface area contributed by atoms with E-state index in [0.717, 1.165) is 19.3 Å². The average molecular weight is 286 g/mol. The lowest BCUT2D eigenvalue weighted by molar-refractivity contribution is -0.120. The highest BCUT2D eigenvalue weighted by Crippen LogP contribution is 2.24. The molecule has 0 bridgehead atoms. The molecule has 2 atom stereocenters. The van der Waals surface area contributed by atoms with Crippen LogP contribution >= 0.6 is 0 Å². The number of benzene rings is 1. The lowest BCUT2D eigenvalue weighted by Crippen LogP contribution is -2.43. The Labute approximate surface area is 123 Å². The van der Waals surface area contributed by atoms with E-state index in [0.29, 0.717) is 11.3 Å². The van der Waals surface area contributed by atoms with Gasteiger partial charge in [0.1, 0.15) is 0 Å². The molecular formula is C15H18N4O2. The third-order valence-electron chi connectivity index (χ3n) is 3.61. The summed E-state index contributed by atoms with van der Waals surface area (Å²) in [5, 5.41) is 14.3. The summed E-state index contributed by atoms with van der Waals surface area (Å²) in [5.41, 5.74) is 6.57. The van der Waals surface area contributed by atoms with Gasteiger partial charge in [-0.15, -0.1) is 0 Å². The van der Waals surface area contributed by atoms with Gasteiger partial charge < -0.3 is 16.4 Å². The van der Waals surface area contributed by atoms with Crippen molar-refractivity contribution in [3.05, 3.63) is 29.8 Å². The van der Waals surface area contributed by atoms with E-state index in [-0.39, 0.29) is 30.3 Å². The van der Waals surface area contributed by atoms with Crippen LogP contribution in [-0.2, 0) is 4.79 Å². The van der Waals surface area contributed by atoms with Crippen LogP contribution in [0, 0.1) is 17.2 Å². The van der Waals surface area contributed by atoms with Crippen molar-refractivity contribution in [1.29, 1.82) is 5.26 Å². The number of hydrogen-bond donors (Lipinski definition) is 3. The summed E-state index contributed by atoms with van der Waals surface area (Å²) in [4.78, 5) is 23.6. The Balaban J connectivity index is 1.80. The predicted molar refractivity (Wildman–Crippen MR) is 78.1 cm³/mol. The topological polar surface area (TPSA) is 108 Å². The monoisotopic (exact) mass is 286 g/mol. The van der Waals surface area contributed by atoms with E-state index < -0.39 is 0 Å². The number of carbonyl (C=O) groups excluding carboxylic acids is 2. The molecule has 1 saturated carbocycles. The summed E-state index contributed by atoms with van der Waals surface area (Å²) in [7, 11) is 0. The molecule has 2 unspecified atom stereocenters. The molecule has 4 N–H and O–H groups in total. The van der Waals surface area contributed by atoms with E-state index in [1.165, 1.54) is 0 Å². The number of amides is 2. The first-order valence-electron chi connectivity index (χ1n) is 6.93. The molecule has 21 heavy (non-hydrogen) atoms. The number of carbonyl (C=O) groups is 2. The van der Waals surface area contributed by atoms with E-state index in [9.17, 15) is 9.59 Å². The molecule has 1 aliphatic carbocycles. The van der Waals surface area contributed by atoms with Crippen molar-refractivity contribution in [2.24, 2.45) is 5.92 Å². The van der Waals surface area contributed by atoms with Gasteiger partial charge in [0.15, 0.2) is 0 Å². The molecule has 2 rings (SSSR count). The molecule has 0 saturated heterocycles. The van der Waals surface area contributed by atoms with Crippen LogP contribution < -0.4 is 16.4 Å².